The van der Waals surface area contributed by atoms with Gasteiger partial charge in [0.2, 0.25) is 0 Å². The number of hydrogen-bond donors (Lipinski definition) is 0. The normalized spacial score (nSPS) is 10.7. The lowest BCUT2D eigenvalue weighted by molar-refractivity contribution is 1.22. The quantitative estimate of drug-likeness (QED) is 0.593. The fourth-order valence-electron chi connectivity index (χ4n) is 1.53. The minimum Gasteiger partial charge on any atom is -0.261 e. The minimum atomic E-state index is 1.08. The van der Waals surface area contributed by atoms with Gasteiger partial charge in [0.05, 0.1) is 0 Å². The van der Waals surface area contributed by atoms with Crippen molar-refractivity contribution in [1.29, 1.82) is 0 Å². The Balaban J connectivity index is 2.81. The first-order valence-corrected chi connectivity index (χ1v) is 4.50. The van der Waals surface area contributed by atoms with Crippen molar-refractivity contribution in [2.45, 2.75) is 20.8 Å². The summed E-state index contributed by atoms with van der Waals surface area (Å²) < 4.78 is 0. The van der Waals surface area contributed by atoms with Crippen molar-refractivity contribution in [2.24, 2.45) is 0 Å². The number of hydrogen-bond acceptors (Lipinski definition) is 1. The smallest absolute Gasteiger partial charge is 0.0379 e. The molecule has 0 N–H and O–H groups in total. The molecule has 13 heavy (non-hydrogen) atoms. The summed E-state index contributed by atoms with van der Waals surface area (Å²) in [4.78, 5) is 4.28. The van der Waals surface area contributed by atoms with Crippen molar-refractivity contribution in [3.8, 4) is 0 Å². The van der Waals surface area contributed by atoms with Gasteiger partial charge in [-0.2, -0.15) is 0 Å². The molecule has 0 aliphatic heterocycles. The standard InChI is InChI=1S/C12H13N/c1-8-4-11-6-10(3)13-7-12(11)5-9(8)2/h4-7H,1-3H3. The molecule has 1 heteroatoms. The van der Waals surface area contributed by atoms with Crippen LogP contribution in [0.4, 0.5) is 0 Å². The molecule has 0 saturated heterocycles. The van der Waals surface area contributed by atoms with E-state index in [0.717, 1.165) is 5.69 Å². The van der Waals surface area contributed by atoms with E-state index in [-0.39, 0.29) is 0 Å². The molecule has 0 aliphatic rings. The molecular formula is C12H13N. The van der Waals surface area contributed by atoms with Gasteiger partial charge in [-0.25, -0.2) is 0 Å². The third kappa shape index (κ3) is 1.42. The number of rotatable bonds is 0. The van der Waals surface area contributed by atoms with Crippen LogP contribution >= 0.6 is 0 Å². The third-order valence-corrected chi connectivity index (χ3v) is 2.47. The number of benzene rings is 1. The van der Waals surface area contributed by atoms with E-state index in [1.807, 2.05) is 13.1 Å². The average Bonchev–Trinajstić information content (AvgIpc) is 2.08. The predicted octanol–water partition coefficient (Wildman–Crippen LogP) is 3.16. The highest BCUT2D eigenvalue weighted by Gasteiger charge is 1.97. The second-order valence-electron chi connectivity index (χ2n) is 3.61. The molecule has 2 aromatic rings. The van der Waals surface area contributed by atoms with E-state index in [2.05, 4.69) is 37.0 Å². The van der Waals surface area contributed by atoms with Crippen LogP contribution in [0.2, 0.25) is 0 Å². The molecule has 1 nitrogen and oxygen atoms in total. The highest BCUT2D eigenvalue weighted by molar-refractivity contribution is 5.83. The molecule has 0 saturated carbocycles. The highest BCUT2D eigenvalue weighted by atomic mass is 14.6. The Bertz CT molecular complexity index is 458. The molecule has 0 fully saturated rings. The second kappa shape index (κ2) is 2.84. The van der Waals surface area contributed by atoms with E-state index in [9.17, 15) is 0 Å². The summed E-state index contributed by atoms with van der Waals surface area (Å²) in [7, 11) is 0. The summed E-state index contributed by atoms with van der Waals surface area (Å²) in [5.41, 5.74) is 3.76. The molecular weight excluding hydrogens is 158 g/mol. The van der Waals surface area contributed by atoms with Gasteiger partial charge < -0.3 is 0 Å². The van der Waals surface area contributed by atoms with Crippen LogP contribution in [-0.4, -0.2) is 4.98 Å². The molecule has 1 aromatic heterocycles. The van der Waals surface area contributed by atoms with Gasteiger partial charge in [-0.05, 0) is 49.4 Å². The first kappa shape index (κ1) is 8.24. The summed E-state index contributed by atoms with van der Waals surface area (Å²) in [5, 5.41) is 2.52. The SMILES string of the molecule is Cc1cc2cc(C)c(C)cc2cn1. The monoisotopic (exact) mass is 171 g/mol. The van der Waals surface area contributed by atoms with Crippen molar-refractivity contribution >= 4 is 10.8 Å². The number of aryl methyl sites for hydroxylation is 3. The van der Waals surface area contributed by atoms with Crippen LogP contribution in [0, 0.1) is 20.8 Å². The molecule has 66 valence electrons. The Morgan fingerprint density at radius 3 is 2.15 bits per heavy atom. The van der Waals surface area contributed by atoms with E-state index in [1.54, 1.807) is 0 Å². The summed E-state index contributed by atoms with van der Waals surface area (Å²) in [6.45, 7) is 6.30. The van der Waals surface area contributed by atoms with E-state index in [1.165, 1.54) is 21.9 Å². The van der Waals surface area contributed by atoms with Crippen LogP contribution in [0.25, 0.3) is 10.8 Å². The maximum atomic E-state index is 4.28. The molecule has 0 unspecified atom stereocenters. The molecule has 2 rings (SSSR count). The Labute approximate surface area is 78.4 Å². The van der Waals surface area contributed by atoms with Gasteiger partial charge in [0.25, 0.3) is 0 Å². The predicted molar refractivity (Wildman–Crippen MR) is 56.0 cm³/mol. The van der Waals surface area contributed by atoms with Crippen LogP contribution in [0.15, 0.2) is 24.4 Å². The lowest BCUT2D eigenvalue weighted by Gasteiger charge is -2.03. The van der Waals surface area contributed by atoms with Crippen LogP contribution in [0.1, 0.15) is 16.8 Å². The van der Waals surface area contributed by atoms with Gasteiger partial charge in [-0.15, -0.1) is 0 Å². The molecule has 1 aromatic carbocycles. The largest absolute Gasteiger partial charge is 0.261 e. The molecule has 0 spiro atoms. The third-order valence-electron chi connectivity index (χ3n) is 2.47. The van der Waals surface area contributed by atoms with Crippen LogP contribution < -0.4 is 0 Å². The maximum absolute atomic E-state index is 4.28. The first-order valence-electron chi connectivity index (χ1n) is 4.50. The van der Waals surface area contributed by atoms with Gasteiger partial charge in [-0.3, -0.25) is 4.98 Å². The number of pyridine rings is 1. The van der Waals surface area contributed by atoms with Crippen molar-refractivity contribution < 1.29 is 0 Å². The Morgan fingerprint density at radius 2 is 1.46 bits per heavy atom. The van der Waals surface area contributed by atoms with Crippen LogP contribution in [0.5, 0.6) is 0 Å². The van der Waals surface area contributed by atoms with Crippen molar-refractivity contribution in [3.63, 3.8) is 0 Å². The van der Waals surface area contributed by atoms with Gasteiger partial charge in [0.15, 0.2) is 0 Å². The van der Waals surface area contributed by atoms with Gasteiger partial charge in [0, 0.05) is 17.3 Å². The topological polar surface area (TPSA) is 12.9 Å². The Kier molecular flexibility index (Phi) is 1.80. The lowest BCUT2D eigenvalue weighted by atomic mass is 10.0. The number of fused-ring (bicyclic) bond motifs is 1. The maximum Gasteiger partial charge on any atom is 0.0379 e. The summed E-state index contributed by atoms with van der Waals surface area (Å²) in [6.07, 6.45) is 1.94. The van der Waals surface area contributed by atoms with Gasteiger partial charge >= 0.3 is 0 Å². The zero-order valence-corrected chi connectivity index (χ0v) is 8.26. The van der Waals surface area contributed by atoms with Crippen molar-refractivity contribution in [1.82, 2.24) is 4.98 Å². The van der Waals surface area contributed by atoms with E-state index in [0.29, 0.717) is 0 Å². The van der Waals surface area contributed by atoms with Crippen LogP contribution in [0.3, 0.4) is 0 Å². The Morgan fingerprint density at radius 1 is 0.846 bits per heavy atom. The average molecular weight is 171 g/mol. The molecule has 0 bridgehead atoms. The summed E-state index contributed by atoms with van der Waals surface area (Å²) in [5.74, 6) is 0. The lowest BCUT2D eigenvalue weighted by Crippen LogP contribution is -1.85. The molecule has 1 heterocycles. The van der Waals surface area contributed by atoms with E-state index < -0.39 is 0 Å². The van der Waals surface area contributed by atoms with E-state index in [4.69, 9.17) is 0 Å². The number of nitrogens with zero attached hydrogens (tertiary/aromatic N) is 1. The van der Waals surface area contributed by atoms with Gasteiger partial charge in [-0.1, -0.05) is 6.07 Å². The summed E-state index contributed by atoms with van der Waals surface area (Å²) >= 11 is 0. The Hall–Kier alpha value is -1.37. The molecule has 0 amide bonds. The highest BCUT2D eigenvalue weighted by Crippen LogP contribution is 2.18. The van der Waals surface area contributed by atoms with Gasteiger partial charge in [0.1, 0.15) is 0 Å². The fourth-order valence-corrected chi connectivity index (χ4v) is 1.53. The summed E-state index contributed by atoms with van der Waals surface area (Å²) in [6, 6.07) is 6.54. The zero-order chi connectivity index (χ0) is 9.42. The van der Waals surface area contributed by atoms with Crippen molar-refractivity contribution in [2.75, 3.05) is 0 Å². The van der Waals surface area contributed by atoms with Crippen molar-refractivity contribution in [3.05, 3.63) is 41.2 Å². The van der Waals surface area contributed by atoms with E-state index >= 15 is 0 Å². The molecule has 0 atom stereocenters. The fraction of sp³-hybridized carbons (Fsp3) is 0.250. The molecule has 0 aliphatic carbocycles. The minimum absolute atomic E-state index is 1.08. The second-order valence-corrected chi connectivity index (χ2v) is 3.61. The van der Waals surface area contributed by atoms with Crippen LogP contribution in [-0.2, 0) is 0 Å². The number of aromatic nitrogens is 1. The first-order chi connectivity index (χ1) is 6.16. The molecule has 0 radical (unpaired) electrons. The zero-order valence-electron chi connectivity index (χ0n) is 8.26.